The fourth-order valence-corrected chi connectivity index (χ4v) is 4.81. The second kappa shape index (κ2) is 9.71. The highest BCUT2D eigenvalue weighted by Gasteiger charge is 2.27. The molecule has 0 saturated heterocycles. The second-order valence-corrected chi connectivity index (χ2v) is 8.80. The fourth-order valence-electron chi connectivity index (χ4n) is 4.38. The Morgan fingerprint density at radius 3 is 2.71 bits per heavy atom. The number of fused-ring (bicyclic) bond motifs is 1. The average molecular weight is 437 g/mol. The standard InChI is InChI=1S/C25H28N2O3S/c1-30-24-19-8-4-3-7-18(19)17(13-16-11-12-26-23(14-16)31-2)15-20(24)25(29)27-21-9-5-6-10-22(21)28/h3-4,7-8,11-12,14-15,21-22,28H,5-6,9-10,13H2,1-2H3,(H,27,29)/t21-,22-/m0/s1. The lowest BCUT2D eigenvalue weighted by molar-refractivity contribution is 0.0715. The molecule has 0 unspecified atom stereocenters. The van der Waals surface area contributed by atoms with E-state index >= 15 is 0 Å². The van der Waals surface area contributed by atoms with E-state index in [1.54, 1.807) is 18.9 Å². The first-order valence-corrected chi connectivity index (χ1v) is 11.9. The minimum atomic E-state index is -0.495. The Labute approximate surface area is 187 Å². The molecule has 1 aliphatic carbocycles. The summed E-state index contributed by atoms with van der Waals surface area (Å²) in [7, 11) is 1.60. The highest BCUT2D eigenvalue weighted by atomic mass is 32.2. The number of pyridine rings is 1. The Kier molecular flexibility index (Phi) is 6.78. The summed E-state index contributed by atoms with van der Waals surface area (Å²) in [5.41, 5.74) is 2.71. The van der Waals surface area contributed by atoms with Gasteiger partial charge in [0.05, 0.1) is 29.8 Å². The van der Waals surface area contributed by atoms with Crippen molar-refractivity contribution in [2.24, 2.45) is 0 Å². The first-order chi connectivity index (χ1) is 15.1. The van der Waals surface area contributed by atoms with Crippen LogP contribution in [0.3, 0.4) is 0 Å². The number of nitrogens with one attached hydrogen (secondary N) is 1. The molecule has 2 aromatic carbocycles. The van der Waals surface area contributed by atoms with Crippen LogP contribution in [0.5, 0.6) is 5.75 Å². The normalized spacial score (nSPS) is 18.7. The van der Waals surface area contributed by atoms with Crippen molar-refractivity contribution < 1.29 is 14.6 Å². The number of methoxy groups -OCH3 is 1. The third-order valence-electron chi connectivity index (χ3n) is 5.98. The third kappa shape index (κ3) is 4.70. The van der Waals surface area contributed by atoms with E-state index in [-0.39, 0.29) is 11.9 Å². The maximum Gasteiger partial charge on any atom is 0.255 e. The van der Waals surface area contributed by atoms with Crippen LogP contribution in [0, 0.1) is 0 Å². The van der Waals surface area contributed by atoms with Gasteiger partial charge in [-0.25, -0.2) is 4.98 Å². The lowest BCUT2D eigenvalue weighted by atomic mass is 9.91. The van der Waals surface area contributed by atoms with Gasteiger partial charge in [0.2, 0.25) is 0 Å². The van der Waals surface area contributed by atoms with E-state index in [9.17, 15) is 9.90 Å². The van der Waals surface area contributed by atoms with Crippen molar-refractivity contribution >= 4 is 28.4 Å². The van der Waals surface area contributed by atoms with Crippen LogP contribution in [-0.4, -0.2) is 41.5 Å². The first-order valence-electron chi connectivity index (χ1n) is 10.7. The molecule has 31 heavy (non-hydrogen) atoms. The largest absolute Gasteiger partial charge is 0.495 e. The highest BCUT2D eigenvalue weighted by Crippen LogP contribution is 2.34. The summed E-state index contributed by atoms with van der Waals surface area (Å²) >= 11 is 1.61. The Morgan fingerprint density at radius 2 is 1.97 bits per heavy atom. The molecule has 1 aromatic heterocycles. The molecule has 0 bridgehead atoms. The SMILES string of the molecule is COc1c(C(=O)N[C@H]2CCCC[C@@H]2O)cc(Cc2ccnc(SC)c2)c2ccccc12. The summed E-state index contributed by atoms with van der Waals surface area (Å²) in [4.78, 5) is 17.6. The van der Waals surface area contributed by atoms with Gasteiger partial charge in [0, 0.05) is 11.6 Å². The summed E-state index contributed by atoms with van der Waals surface area (Å²) in [5.74, 6) is 0.371. The van der Waals surface area contributed by atoms with Crippen LogP contribution in [0.2, 0.25) is 0 Å². The summed E-state index contributed by atoms with van der Waals surface area (Å²) in [6.07, 6.45) is 7.57. The number of amides is 1. The molecule has 0 radical (unpaired) electrons. The number of carbonyl (C=O) groups excluding carboxylic acids is 1. The van der Waals surface area contributed by atoms with E-state index < -0.39 is 6.10 Å². The zero-order valence-electron chi connectivity index (χ0n) is 17.9. The lowest BCUT2D eigenvalue weighted by Crippen LogP contribution is -2.45. The molecule has 3 aromatic rings. The van der Waals surface area contributed by atoms with Crippen LogP contribution >= 0.6 is 11.8 Å². The summed E-state index contributed by atoms with van der Waals surface area (Å²) in [6.45, 7) is 0. The van der Waals surface area contributed by atoms with E-state index in [1.807, 2.05) is 42.8 Å². The molecule has 2 N–H and O–H groups in total. The van der Waals surface area contributed by atoms with Crippen LogP contribution in [0.15, 0.2) is 53.7 Å². The number of aliphatic hydroxyl groups is 1. The molecule has 1 saturated carbocycles. The van der Waals surface area contributed by atoms with E-state index in [0.29, 0.717) is 17.7 Å². The maximum absolute atomic E-state index is 13.3. The smallest absolute Gasteiger partial charge is 0.255 e. The minimum Gasteiger partial charge on any atom is -0.495 e. The molecular weight excluding hydrogens is 408 g/mol. The summed E-state index contributed by atoms with van der Waals surface area (Å²) < 4.78 is 5.70. The minimum absolute atomic E-state index is 0.200. The molecule has 2 atom stereocenters. The molecule has 1 fully saturated rings. The zero-order chi connectivity index (χ0) is 21.8. The molecule has 162 valence electrons. The van der Waals surface area contributed by atoms with Crippen molar-refractivity contribution in [3.8, 4) is 5.75 Å². The molecule has 4 rings (SSSR count). The van der Waals surface area contributed by atoms with Crippen molar-refractivity contribution in [2.45, 2.75) is 49.3 Å². The van der Waals surface area contributed by atoms with Crippen LogP contribution in [0.4, 0.5) is 0 Å². The maximum atomic E-state index is 13.3. The predicted molar refractivity (Wildman–Crippen MR) is 125 cm³/mol. The van der Waals surface area contributed by atoms with E-state index in [4.69, 9.17) is 4.74 Å². The molecule has 0 aliphatic heterocycles. The first kappa shape index (κ1) is 21.7. The Morgan fingerprint density at radius 1 is 1.19 bits per heavy atom. The van der Waals surface area contributed by atoms with Gasteiger partial charge in [-0.05, 0) is 60.2 Å². The number of aromatic nitrogens is 1. The van der Waals surface area contributed by atoms with E-state index in [1.165, 1.54) is 0 Å². The van der Waals surface area contributed by atoms with Gasteiger partial charge in [0.15, 0.2) is 0 Å². The van der Waals surface area contributed by atoms with Gasteiger partial charge in [-0.2, -0.15) is 0 Å². The Bertz CT molecular complexity index is 1090. The third-order valence-corrected chi connectivity index (χ3v) is 6.62. The number of carbonyl (C=O) groups is 1. The quantitative estimate of drug-likeness (QED) is 0.553. The molecular formula is C25H28N2O3S. The van der Waals surface area contributed by atoms with Crippen LogP contribution in [-0.2, 0) is 6.42 Å². The number of aliphatic hydroxyl groups excluding tert-OH is 1. The van der Waals surface area contributed by atoms with Gasteiger partial charge in [0.25, 0.3) is 5.91 Å². The zero-order valence-corrected chi connectivity index (χ0v) is 18.7. The number of hydrogen-bond acceptors (Lipinski definition) is 5. The second-order valence-electron chi connectivity index (χ2n) is 7.98. The van der Waals surface area contributed by atoms with Crippen molar-refractivity contribution in [3.63, 3.8) is 0 Å². The van der Waals surface area contributed by atoms with Gasteiger partial charge in [-0.15, -0.1) is 11.8 Å². The number of thioether (sulfide) groups is 1. The molecule has 1 heterocycles. The molecule has 0 spiro atoms. The van der Waals surface area contributed by atoms with Gasteiger partial charge in [0.1, 0.15) is 5.75 Å². The monoisotopic (exact) mass is 436 g/mol. The van der Waals surface area contributed by atoms with Gasteiger partial charge < -0.3 is 15.2 Å². The lowest BCUT2D eigenvalue weighted by Gasteiger charge is -2.28. The molecule has 1 amide bonds. The van der Waals surface area contributed by atoms with Gasteiger partial charge in [-0.1, -0.05) is 37.1 Å². The average Bonchev–Trinajstić information content (AvgIpc) is 2.80. The van der Waals surface area contributed by atoms with E-state index in [2.05, 4.69) is 22.4 Å². The number of hydrogen-bond donors (Lipinski definition) is 2. The Hall–Kier alpha value is -2.57. The molecule has 5 nitrogen and oxygen atoms in total. The van der Waals surface area contributed by atoms with Crippen molar-refractivity contribution in [1.82, 2.24) is 10.3 Å². The topological polar surface area (TPSA) is 71.5 Å². The van der Waals surface area contributed by atoms with Crippen molar-refractivity contribution in [2.75, 3.05) is 13.4 Å². The van der Waals surface area contributed by atoms with Crippen LogP contribution in [0.1, 0.15) is 47.2 Å². The summed E-state index contributed by atoms with van der Waals surface area (Å²) in [6, 6.07) is 13.8. The number of nitrogens with zero attached hydrogens (tertiary/aromatic N) is 1. The Balaban J connectivity index is 1.74. The number of ether oxygens (including phenoxy) is 1. The van der Waals surface area contributed by atoms with Crippen LogP contribution < -0.4 is 10.1 Å². The molecule has 1 aliphatic rings. The highest BCUT2D eigenvalue weighted by molar-refractivity contribution is 7.98. The van der Waals surface area contributed by atoms with Crippen molar-refractivity contribution in [3.05, 3.63) is 65.4 Å². The van der Waals surface area contributed by atoms with Gasteiger partial charge in [-0.3, -0.25) is 4.79 Å². The van der Waals surface area contributed by atoms with Crippen LogP contribution in [0.25, 0.3) is 10.8 Å². The van der Waals surface area contributed by atoms with Crippen molar-refractivity contribution in [1.29, 1.82) is 0 Å². The molecule has 6 heteroatoms. The fraction of sp³-hybridized carbons (Fsp3) is 0.360. The van der Waals surface area contributed by atoms with E-state index in [0.717, 1.165) is 52.6 Å². The number of rotatable bonds is 6. The predicted octanol–water partition coefficient (Wildman–Crippen LogP) is 4.59. The van der Waals surface area contributed by atoms with Gasteiger partial charge >= 0.3 is 0 Å². The summed E-state index contributed by atoms with van der Waals surface area (Å²) in [5, 5.41) is 16.3. The number of benzene rings is 2.